The first-order chi connectivity index (χ1) is 15.9. The van der Waals surface area contributed by atoms with E-state index in [9.17, 15) is 19.1 Å². The van der Waals surface area contributed by atoms with Crippen molar-refractivity contribution in [2.24, 2.45) is 0 Å². The van der Waals surface area contributed by atoms with E-state index in [-0.39, 0.29) is 16.9 Å². The Balaban J connectivity index is 1.83. The summed E-state index contributed by atoms with van der Waals surface area (Å²) in [6, 6.07) is 9.40. The molecule has 7 nitrogen and oxygen atoms in total. The molecule has 2 heterocycles. The van der Waals surface area contributed by atoms with Crippen LogP contribution in [0.25, 0.3) is 5.76 Å². The Morgan fingerprint density at radius 1 is 1.03 bits per heavy atom. The van der Waals surface area contributed by atoms with E-state index in [0.717, 1.165) is 25.9 Å². The van der Waals surface area contributed by atoms with Gasteiger partial charge in [0.15, 0.2) is 0 Å². The number of hydrogen-bond acceptors (Lipinski definition) is 6. The maximum atomic E-state index is 13.4. The van der Waals surface area contributed by atoms with Gasteiger partial charge in [-0.2, -0.15) is 0 Å². The number of aliphatic hydroxyl groups excluding tert-OH is 1. The fraction of sp³-hybridized carbons (Fsp3) is 0.360. The second kappa shape index (κ2) is 9.62. The molecule has 2 fully saturated rings. The number of carbonyl (C=O) groups is 2. The molecule has 0 spiro atoms. The first-order valence-corrected chi connectivity index (χ1v) is 10.9. The van der Waals surface area contributed by atoms with Crippen LogP contribution in [0.15, 0.2) is 48.0 Å². The number of carbonyl (C=O) groups excluding carboxylic acids is 2. The topological polar surface area (TPSA) is 79.3 Å². The van der Waals surface area contributed by atoms with Gasteiger partial charge < -0.3 is 24.4 Å². The number of rotatable bonds is 7. The maximum Gasteiger partial charge on any atom is 0.295 e. The van der Waals surface area contributed by atoms with Crippen molar-refractivity contribution >= 4 is 17.4 Å². The van der Waals surface area contributed by atoms with Crippen molar-refractivity contribution in [1.29, 1.82) is 0 Å². The molecule has 1 atom stereocenters. The van der Waals surface area contributed by atoms with Gasteiger partial charge in [-0.05, 0) is 68.4 Å². The molecule has 0 bridgehead atoms. The summed E-state index contributed by atoms with van der Waals surface area (Å²) in [4.78, 5) is 30.0. The molecule has 33 heavy (non-hydrogen) atoms. The molecule has 2 saturated heterocycles. The Morgan fingerprint density at radius 3 is 2.36 bits per heavy atom. The maximum absolute atomic E-state index is 13.4. The van der Waals surface area contributed by atoms with Crippen LogP contribution in [0.3, 0.4) is 0 Å². The van der Waals surface area contributed by atoms with Crippen LogP contribution < -0.4 is 9.47 Å². The van der Waals surface area contributed by atoms with Crippen molar-refractivity contribution in [3.8, 4) is 11.5 Å². The monoisotopic (exact) mass is 454 g/mol. The summed E-state index contributed by atoms with van der Waals surface area (Å²) in [5, 5.41) is 11.1. The van der Waals surface area contributed by atoms with E-state index in [2.05, 4.69) is 4.90 Å². The average Bonchev–Trinajstić information content (AvgIpc) is 3.44. The molecule has 2 aromatic carbocycles. The van der Waals surface area contributed by atoms with E-state index >= 15 is 0 Å². The summed E-state index contributed by atoms with van der Waals surface area (Å²) in [5.41, 5.74) is 0.724. The number of ether oxygens (including phenoxy) is 2. The van der Waals surface area contributed by atoms with Crippen LogP contribution in [-0.4, -0.2) is 67.0 Å². The Kier molecular flexibility index (Phi) is 6.65. The number of aliphatic hydroxyl groups is 1. The Labute approximate surface area is 192 Å². The fourth-order valence-corrected chi connectivity index (χ4v) is 4.51. The Hall–Kier alpha value is -3.39. The van der Waals surface area contributed by atoms with Gasteiger partial charge in [-0.1, -0.05) is 0 Å². The SMILES string of the molecule is COc1ccc(OC)c(C2/C(=C(\O)c3ccc(F)cc3)C(=O)C(=O)N2CCN2CCCC2)c1. The lowest BCUT2D eigenvalue weighted by Crippen LogP contribution is -2.37. The third kappa shape index (κ3) is 4.43. The van der Waals surface area contributed by atoms with Crippen molar-refractivity contribution in [2.75, 3.05) is 40.4 Å². The number of benzene rings is 2. The van der Waals surface area contributed by atoms with E-state index in [1.54, 1.807) is 18.2 Å². The highest BCUT2D eigenvalue weighted by atomic mass is 19.1. The van der Waals surface area contributed by atoms with E-state index in [0.29, 0.717) is 30.2 Å². The van der Waals surface area contributed by atoms with Gasteiger partial charge in [0, 0.05) is 24.2 Å². The lowest BCUT2D eigenvalue weighted by Gasteiger charge is -2.28. The van der Waals surface area contributed by atoms with Crippen LogP contribution in [0.1, 0.15) is 30.0 Å². The van der Waals surface area contributed by atoms with Crippen LogP contribution >= 0.6 is 0 Å². The van der Waals surface area contributed by atoms with Gasteiger partial charge in [0.05, 0.1) is 25.8 Å². The molecule has 1 N–H and O–H groups in total. The molecule has 2 aliphatic rings. The zero-order valence-electron chi connectivity index (χ0n) is 18.7. The molecule has 1 amide bonds. The number of likely N-dealkylation sites (tertiary alicyclic amines) is 2. The zero-order chi connectivity index (χ0) is 23.5. The summed E-state index contributed by atoms with van der Waals surface area (Å²) >= 11 is 0. The van der Waals surface area contributed by atoms with Gasteiger partial charge in [0.1, 0.15) is 23.1 Å². The summed E-state index contributed by atoms with van der Waals surface area (Å²) in [6.07, 6.45) is 2.22. The van der Waals surface area contributed by atoms with Crippen LogP contribution in [0.4, 0.5) is 4.39 Å². The van der Waals surface area contributed by atoms with E-state index in [1.165, 1.54) is 43.4 Å². The summed E-state index contributed by atoms with van der Waals surface area (Å²) in [5.74, 6) is -1.31. The van der Waals surface area contributed by atoms with Crippen LogP contribution in [0.5, 0.6) is 11.5 Å². The Bertz CT molecular complexity index is 1080. The molecule has 1 unspecified atom stereocenters. The second-order valence-corrected chi connectivity index (χ2v) is 8.16. The average molecular weight is 454 g/mol. The molecular formula is C25H27FN2O5. The number of nitrogens with zero attached hydrogens (tertiary/aromatic N) is 2. The minimum atomic E-state index is -0.872. The highest BCUT2D eigenvalue weighted by molar-refractivity contribution is 6.46. The molecule has 0 aliphatic carbocycles. The summed E-state index contributed by atoms with van der Waals surface area (Å²) in [6.45, 7) is 2.83. The molecule has 2 aliphatic heterocycles. The van der Waals surface area contributed by atoms with Crippen molar-refractivity contribution in [3.05, 3.63) is 65.0 Å². The third-order valence-electron chi connectivity index (χ3n) is 6.24. The number of amides is 1. The summed E-state index contributed by atoms with van der Waals surface area (Å²) < 4.78 is 24.3. The molecule has 0 aromatic heterocycles. The van der Waals surface area contributed by atoms with Gasteiger partial charge in [-0.3, -0.25) is 9.59 Å². The van der Waals surface area contributed by atoms with Crippen LogP contribution in [0.2, 0.25) is 0 Å². The minimum Gasteiger partial charge on any atom is -0.507 e. The highest BCUT2D eigenvalue weighted by Crippen LogP contribution is 2.43. The minimum absolute atomic E-state index is 0.0559. The smallest absolute Gasteiger partial charge is 0.295 e. The number of methoxy groups -OCH3 is 2. The molecule has 8 heteroatoms. The zero-order valence-corrected chi connectivity index (χ0v) is 18.7. The van der Waals surface area contributed by atoms with Crippen molar-refractivity contribution in [2.45, 2.75) is 18.9 Å². The number of Topliss-reactive ketones (excluding diaryl/α,β-unsaturated/α-hetero) is 1. The predicted octanol–water partition coefficient (Wildman–Crippen LogP) is 3.36. The number of ketones is 1. The first-order valence-electron chi connectivity index (χ1n) is 10.9. The largest absolute Gasteiger partial charge is 0.507 e. The molecule has 4 rings (SSSR count). The normalized spacial score (nSPS) is 20.5. The third-order valence-corrected chi connectivity index (χ3v) is 6.24. The van der Waals surface area contributed by atoms with Crippen molar-refractivity contribution < 1.29 is 28.6 Å². The first kappa shape index (κ1) is 22.8. The van der Waals surface area contributed by atoms with Gasteiger partial charge in [0.2, 0.25) is 0 Å². The second-order valence-electron chi connectivity index (χ2n) is 8.16. The fourth-order valence-electron chi connectivity index (χ4n) is 4.51. The highest BCUT2D eigenvalue weighted by Gasteiger charge is 2.47. The molecule has 0 saturated carbocycles. The molecule has 174 valence electrons. The van der Waals surface area contributed by atoms with Gasteiger partial charge >= 0.3 is 0 Å². The lowest BCUT2D eigenvalue weighted by molar-refractivity contribution is -0.140. The van der Waals surface area contributed by atoms with E-state index in [1.807, 2.05) is 0 Å². The summed E-state index contributed by atoms with van der Waals surface area (Å²) in [7, 11) is 3.02. The standard InChI is InChI=1S/C25H27FN2O5/c1-32-18-9-10-20(33-2)19(15-18)22-21(23(29)16-5-7-17(26)8-6-16)24(30)25(31)28(22)14-13-27-11-3-4-12-27/h5-10,15,22,29H,3-4,11-14H2,1-2H3/b23-21+. The van der Waals surface area contributed by atoms with Gasteiger partial charge in [0.25, 0.3) is 11.7 Å². The number of halogens is 1. The van der Waals surface area contributed by atoms with Crippen molar-refractivity contribution in [3.63, 3.8) is 0 Å². The molecule has 0 radical (unpaired) electrons. The van der Waals surface area contributed by atoms with E-state index < -0.39 is 23.5 Å². The molecular weight excluding hydrogens is 427 g/mol. The lowest BCUT2D eigenvalue weighted by atomic mass is 9.94. The van der Waals surface area contributed by atoms with Gasteiger partial charge in [-0.15, -0.1) is 0 Å². The van der Waals surface area contributed by atoms with E-state index in [4.69, 9.17) is 9.47 Å². The quantitative estimate of drug-likeness (QED) is 0.393. The Morgan fingerprint density at radius 2 is 1.73 bits per heavy atom. The van der Waals surface area contributed by atoms with Crippen LogP contribution in [-0.2, 0) is 9.59 Å². The number of hydrogen-bond donors (Lipinski definition) is 1. The van der Waals surface area contributed by atoms with Crippen molar-refractivity contribution in [1.82, 2.24) is 9.80 Å². The van der Waals surface area contributed by atoms with Crippen LogP contribution in [0, 0.1) is 5.82 Å². The predicted molar refractivity (Wildman–Crippen MR) is 121 cm³/mol. The van der Waals surface area contributed by atoms with Gasteiger partial charge in [-0.25, -0.2) is 4.39 Å². The molecule has 2 aromatic rings.